The summed E-state index contributed by atoms with van der Waals surface area (Å²) in [6.45, 7) is 6.59. The second kappa shape index (κ2) is 7.89. The van der Waals surface area contributed by atoms with Crippen LogP contribution in [0.4, 0.5) is 10.7 Å². The average Bonchev–Trinajstić information content (AvgIpc) is 3.18. The molecule has 8 nitrogen and oxygen atoms in total. The number of aryl methyl sites for hydroxylation is 1. The molecule has 0 fully saturated rings. The van der Waals surface area contributed by atoms with Crippen LogP contribution in [0.15, 0.2) is 18.2 Å². The van der Waals surface area contributed by atoms with Crippen LogP contribution in [0.2, 0.25) is 0 Å². The number of rotatable bonds is 5. The highest BCUT2D eigenvalue weighted by Crippen LogP contribution is 2.35. The van der Waals surface area contributed by atoms with Crippen molar-refractivity contribution in [2.75, 3.05) is 17.4 Å². The number of hydrogen-bond donors (Lipinski definition) is 2. The number of amides is 2. The predicted octanol–water partition coefficient (Wildman–Crippen LogP) is 3.24. The first kappa shape index (κ1) is 19.7. The molecule has 0 saturated heterocycles. The lowest BCUT2D eigenvalue weighted by molar-refractivity contribution is -0.123. The Labute approximate surface area is 165 Å². The third-order valence-corrected chi connectivity index (χ3v) is 5.29. The molecule has 2 aromatic rings. The molecule has 9 heteroatoms. The molecule has 0 aliphatic carbocycles. The molecule has 1 aromatic carbocycles. The van der Waals surface area contributed by atoms with Gasteiger partial charge in [-0.15, -0.1) is 11.3 Å². The first-order chi connectivity index (χ1) is 13.3. The average molecular weight is 404 g/mol. The van der Waals surface area contributed by atoms with Gasteiger partial charge in [0.25, 0.3) is 5.91 Å². The predicted molar refractivity (Wildman–Crippen MR) is 104 cm³/mol. The topological polar surface area (TPSA) is 103 Å². The van der Waals surface area contributed by atoms with Gasteiger partial charge in [-0.2, -0.15) is 0 Å². The minimum atomic E-state index is -1.04. The first-order valence-corrected chi connectivity index (χ1v) is 9.37. The van der Waals surface area contributed by atoms with Crippen LogP contribution in [0, 0.1) is 13.8 Å². The maximum atomic E-state index is 12.6. The van der Waals surface area contributed by atoms with Crippen LogP contribution in [0.25, 0.3) is 0 Å². The maximum Gasteiger partial charge on any atom is 0.342 e. The van der Waals surface area contributed by atoms with Crippen LogP contribution in [0.1, 0.15) is 34.6 Å². The molecule has 0 bridgehead atoms. The third kappa shape index (κ3) is 4.09. The Balaban J connectivity index is 1.69. The van der Waals surface area contributed by atoms with Gasteiger partial charge in [0.2, 0.25) is 12.7 Å². The number of carbonyl (C=O) groups is 3. The lowest BCUT2D eigenvalue weighted by atomic mass is 10.1. The maximum absolute atomic E-state index is 12.6. The second-order valence-electron chi connectivity index (χ2n) is 6.27. The number of nitrogens with one attached hydrogen (secondary N) is 2. The minimum Gasteiger partial charge on any atom is -0.454 e. The quantitative estimate of drug-likeness (QED) is 0.742. The van der Waals surface area contributed by atoms with E-state index in [9.17, 15) is 14.4 Å². The molecule has 0 unspecified atom stereocenters. The van der Waals surface area contributed by atoms with E-state index in [0.29, 0.717) is 27.8 Å². The smallest absolute Gasteiger partial charge is 0.342 e. The van der Waals surface area contributed by atoms with Crippen molar-refractivity contribution in [1.29, 1.82) is 0 Å². The van der Waals surface area contributed by atoms with Gasteiger partial charge in [-0.05, 0) is 38.5 Å². The van der Waals surface area contributed by atoms with Crippen molar-refractivity contribution in [3.05, 3.63) is 34.2 Å². The molecule has 1 aromatic heterocycles. The zero-order valence-electron chi connectivity index (χ0n) is 15.9. The van der Waals surface area contributed by atoms with E-state index < -0.39 is 18.0 Å². The van der Waals surface area contributed by atoms with Gasteiger partial charge in [0.15, 0.2) is 17.6 Å². The van der Waals surface area contributed by atoms with E-state index in [0.717, 1.165) is 4.88 Å². The van der Waals surface area contributed by atoms with Gasteiger partial charge in [0.1, 0.15) is 5.00 Å². The van der Waals surface area contributed by atoms with Crippen molar-refractivity contribution >= 4 is 39.8 Å². The summed E-state index contributed by atoms with van der Waals surface area (Å²) in [5.41, 5.74) is 1.47. The van der Waals surface area contributed by atoms with Crippen LogP contribution in [0.3, 0.4) is 0 Å². The van der Waals surface area contributed by atoms with E-state index in [-0.39, 0.29) is 18.3 Å². The van der Waals surface area contributed by atoms with Gasteiger partial charge in [0.05, 0.1) is 5.56 Å². The molecular formula is C19H20N2O6S. The summed E-state index contributed by atoms with van der Waals surface area (Å²) in [6, 6.07) is 4.99. The van der Waals surface area contributed by atoms with Gasteiger partial charge in [0, 0.05) is 23.6 Å². The minimum absolute atomic E-state index is 0.136. The number of benzene rings is 1. The Morgan fingerprint density at radius 1 is 1.14 bits per heavy atom. The number of fused-ring (bicyclic) bond motifs is 1. The molecule has 1 aliphatic heterocycles. The van der Waals surface area contributed by atoms with E-state index in [1.165, 1.54) is 25.2 Å². The molecule has 0 radical (unpaired) electrons. The zero-order valence-corrected chi connectivity index (χ0v) is 16.7. The van der Waals surface area contributed by atoms with Gasteiger partial charge in [-0.25, -0.2) is 4.79 Å². The summed E-state index contributed by atoms with van der Waals surface area (Å²) in [5.74, 6) is -0.307. The summed E-state index contributed by atoms with van der Waals surface area (Å²) in [7, 11) is 0. The lowest BCUT2D eigenvalue weighted by Gasteiger charge is -2.14. The molecular weight excluding hydrogens is 384 g/mol. The van der Waals surface area contributed by atoms with Gasteiger partial charge >= 0.3 is 5.97 Å². The number of anilines is 2. The van der Waals surface area contributed by atoms with E-state index in [4.69, 9.17) is 14.2 Å². The van der Waals surface area contributed by atoms with Crippen molar-refractivity contribution < 1.29 is 28.6 Å². The summed E-state index contributed by atoms with van der Waals surface area (Å²) in [4.78, 5) is 37.3. The highest BCUT2D eigenvalue weighted by Gasteiger charge is 2.26. The summed E-state index contributed by atoms with van der Waals surface area (Å²) in [5, 5.41) is 5.72. The molecule has 3 rings (SSSR count). The monoisotopic (exact) mass is 404 g/mol. The largest absolute Gasteiger partial charge is 0.454 e. The fourth-order valence-electron chi connectivity index (χ4n) is 2.61. The van der Waals surface area contributed by atoms with Crippen molar-refractivity contribution in [3.8, 4) is 11.5 Å². The molecule has 148 valence electrons. The fraction of sp³-hybridized carbons (Fsp3) is 0.316. The Morgan fingerprint density at radius 3 is 2.57 bits per heavy atom. The van der Waals surface area contributed by atoms with E-state index in [2.05, 4.69) is 10.6 Å². The molecule has 2 amide bonds. The van der Waals surface area contributed by atoms with Crippen molar-refractivity contribution in [1.82, 2.24) is 0 Å². The van der Waals surface area contributed by atoms with Crippen molar-refractivity contribution in [2.24, 2.45) is 0 Å². The normalized spacial score (nSPS) is 13.0. The van der Waals surface area contributed by atoms with Crippen LogP contribution >= 0.6 is 11.3 Å². The summed E-state index contributed by atoms with van der Waals surface area (Å²) >= 11 is 1.29. The number of esters is 1. The SMILES string of the molecule is CC(=O)Nc1sc(C)c(C)c1C(=O)O[C@@H](C)C(=O)Nc1ccc2c(c1)OCO2. The Bertz CT molecular complexity index is 952. The molecule has 0 saturated carbocycles. The Hall–Kier alpha value is -3.07. The first-order valence-electron chi connectivity index (χ1n) is 8.55. The number of carbonyl (C=O) groups excluding carboxylic acids is 3. The number of thiophene rings is 1. The highest BCUT2D eigenvalue weighted by atomic mass is 32.1. The fourth-order valence-corrected chi connectivity index (χ4v) is 3.71. The Morgan fingerprint density at radius 2 is 1.86 bits per heavy atom. The van der Waals surface area contributed by atoms with E-state index in [1.54, 1.807) is 25.1 Å². The molecule has 28 heavy (non-hydrogen) atoms. The number of hydrogen-bond acceptors (Lipinski definition) is 7. The molecule has 0 spiro atoms. The zero-order chi connectivity index (χ0) is 20.4. The van der Waals surface area contributed by atoms with Gasteiger partial charge < -0.3 is 24.8 Å². The standard InChI is InChI=1S/C19H20N2O6S/c1-9-11(3)28-18(20-12(4)22)16(9)19(24)27-10(2)17(23)21-13-5-6-14-15(7-13)26-8-25-14/h5-7,10H,8H2,1-4H3,(H,20,22)(H,21,23)/t10-/m0/s1. The third-order valence-electron chi connectivity index (χ3n) is 4.17. The summed E-state index contributed by atoms with van der Waals surface area (Å²) in [6.07, 6.45) is -1.04. The van der Waals surface area contributed by atoms with Crippen LogP contribution < -0.4 is 20.1 Å². The molecule has 1 aliphatic rings. The van der Waals surface area contributed by atoms with Crippen LogP contribution in [-0.2, 0) is 14.3 Å². The van der Waals surface area contributed by atoms with Gasteiger partial charge in [-0.1, -0.05) is 0 Å². The van der Waals surface area contributed by atoms with E-state index in [1.807, 2.05) is 6.92 Å². The molecule has 2 heterocycles. The van der Waals surface area contributed by atoms with Crippen molar-refractivity contribution in [2.45, 2.75) is 33.8 Å². The van der Waals surface area contributed by atoms with Crippen molar-refractivity contribution in [3.63, 3.8) is 0 Å². The highest BCUT2D eigenvalue weighted by molar-refractivity contribution is 7.16. The van der Waals surface area contributed by atoms with Crippen LogP contribution in [0.5, 0.6) is 11.5 Å². The second-order valence-corrected chi connectivity index (χ2v) is 7.50. The number of ether oxygens (including phenoxy) is 3. The summed E-state index contributed by atoms with van der Waals surface area (Å²) < 4.78 is 15.8. The molecule has 2 N–H and O–H groups in total. The Kier molecular flexibility index (Phi) is 5.55. The van der Waals surface area contributed by atoms with Gasteiger partial charge in [-0.3, -0.25) is 9.59 Å². The molecule has 1 atom stereocenters. The van der Waals surface area contributed by atoms with Crippen LogP contribution in [-0.4, -0.2) is 30.7 Å². The lowest BCUT2D eigenvalue weighted by Crippen LogP contribution is -2.30. The van der Waals surface area contributed by atoms with E-state index >= 15 is 0 Å².